The lowest BCUT2D eigenvalue weighted by atomic mass is 10.1. The molecule has 140 valence electrons. The van der Waals surface area contributed by atoms with Gasteiger partial charge in [-0.3, -0.25) is 9.78 Å². The first-order valence-electron chi connectivity index (χ1n) is 8.68. The summed E-state index contributed by atoms with van der Waals surface area (Å²) in [5, 5.41) is 3.60. The molecule has 0 saturated heterocycles. The van der Waals surface area contributed by atoms with E-state index in [1.54, 1.807) is 26.4 Å². The molecule has 0 aliphatic rings. The molecule has 3 aromatic rings. The molecule has 1 heterocycles. The van der Waals surface area contributed by atoms with Crippen LogP contribution in [0.3, 0.4) is 0 Å². The molecule has 0 unspecified atom stereocenters. The first kappa shape index (κ1) is 18.5. The number of rotatable bonds is 7. The van der Waals surface area contributed by atoms with E-state index in [0.29, 0.717) is 22.9 Å². The molecule has 0 aliphatic carbocycles. The topological polar surface area (TPSA) is 69.7 Å². The van der Waals surface area contributed by atoms with Crippen LogP contribution < -0.4 is 19.5 Å². The summed E-state index contributed by atoms with van der Waals surface area (Å²) in [6.07, 6.45) is 0.770. The number of benzene rings is 2. The van der Waals surface area contributed by atoms with E-state index in [9.17, 15) is 4.79 Å². The van der Waals surface area contributed by atoms with Gasteiger partial charge in [0, 0.05) is 17.1 Å². The second kappa shape index (κ2) is 8.40. The molecule has 1 aromatic heterocycles. The highest BCUT2D eigenvalue weighted by atomic mass is 16.5. The summed E-state index contributed by atoms with van der Waals surface area (Å²) in [7, 11) is 3.17. The SMILES string of the molecule is CCc1cc(OCC(=O)Nc2ccccc2OC)c2cc(OC)ccc2n1. The second-order valence-electron chi connectivity index (χ2n) is 5.89. The van der Waals surface area contributed by atoms with Crippen LogP contribution in [0.25, 0.3) is 10.9 Å². The lowest BCUT2D eigenvalue weighted by Gasteiger charge is -2.13. The number of para-hydroxylation sites is 2. The quantitative estimate of drug-likeness (QED) is 0.688. The number of hydrogen-bond acceptors (Lipinski definition) is 5. The van der Waals surface area contributed by atoms with Crippen molar-refractivity contribution in [3.05, 3.63) is 54.2 Å². The number of nitrogens with one attached hydrogen (secondary N) is 1. The lowest BCUT2D eigenvalue weighted by Crippen LogP contribution is -2.20. The van der Waals surface area contributed by atoms with Gasteiger partial charge in [0.1, 0.15) is 17.2 Å². The Morgan fingerprint density at radius 1 is 1.04 bits per heavy atom. The van der Waals surface area contributed by atoms with E-state index in [1.165, 1.54) is 0 Å². The summed E-state index contributed by atoms with van der Waals surface area (Å²) in [5.41, 5.74) is 2.30. The third-order valence-electron chi connectivity index (χ3n) is 4.13. The monoisotopic (exact) mass is 366 g/mol. The van der Waals surface area contributed by atoms with Gasteiger partial charge >= 0.3 is 0 Å². The van der Waals surface area contributed by atoms with Gasteiger partial charge in [-0.15, -0.1) is 0 Å². The number of pyridine rings is 1. The van der Waals surface area contributed by atoms with E-state index in [0.717, 1.165) is 23.0 Å². The van der Waals surface area contributed by atoms with Crippen molar-refractivity contribution in [3.63, 3.8) is 0 Å². The molecule has 1 N–H and O–H groups in total. The Labute approximate surface area is 158 Å². The van der Waals surface area contributed by atoms with Crippen molar-refractivity contribution < 1.29 is 19.0 Å². The maximum Gasteiger partial charge on any atom is 0.262 e. The summed E-state index contributed by atoms with van der Waals surface area (Å²) in [5.74, 6) is 1.63. The molecular formula is C21H22N2O4. The third-order valence-corrected chi connectivity index (χ3v) is 4.13. The van der Waals surface area contributed by atoms with Crippen LogP contribution in [0.2, 0.25) is 0 Å². The number of methoxy groups -OCH3 is 2. The predicted molar refractivity (Wildman–Crippen MR) is 105 cm³/mol. The summed E-state index contributed by atoms with van der Waals surface area (Å²) >= 11 is 0. The highest BCUT2D eigenvalue weighted by Crippen LogP contribution is 2.29. The second-order valence-corrected chi connectivity index (χ2v) is 5.89. The molecule has 0 fully saturated rings. The van der Waals surface area contributed by atoms with Crippen molar-refractivity contribution in [1.29, 1.82) is 0 Å². The Balaban J connectivity index is 1.80. The smallest absolute Gasteiger partial charge is 0.262 e. The number of fused-ring (bicyclic) bond motifs is 1. The molecule has 0 spiro atoms. The minimum Gasteiger partial charge on any atom is -0.497 e. The molecule has 1 amide bonds. The number of nitrogens with zero attached hydrogens (tertiary/aromatic N) is 1. The number of ether oxygens (including phenoxy) is 3. The first-order chi connectivity index (χ1) is 13.1. The number of carbonyl (C=O) groups is 1. The van der Waals surface area contributed by atoms with Crippen LogP contribution >= 0.6 is 0 Å². The van der Waals surface area contributed by atoms with E-state index < -0.39 is 0 Å². The van der Waals surface area contributed by atoms with Gasteiger partial charge in [0.05, 0.1) is 25.4 Å². The van der Waals surface area contributed by atoms with Crippen LogP contribution in [0.1, 0.15) is 12.6 Å². The van der Waals surface area contributed by atoms with Crippen molar-refractivity contribution in [2.45, 2.75) is 13.3 Å². The normalized spacial score (nSPS) is 10.5. The van der Waals surface area contributed by atoms with Gasteiger partial charge in [0.2, 0.25) is 0 Å². The van der Waals surface area contributed by atoms with E-state index in [2.05, 4.69) is 10.3 Å². The standard InChI is InChI=1S/C21H22N2O4/c1-4-14-11-20(16-12-15(25-2)9-10-17(16)22-14)27-13-21(24)23-18-7-5-6-8-19(18)26-3/h5-12H,4,13H2,1-3H3,(H,23,24). The van der Waals surface area contributed by atoms with E-state index in [4.69, 9.17) is 14.2 Å². The molecular weight excluding hydrogens is 344 g/mol. The largest absolute Gasteiger partial charge is 0.497 e. The van der Waals surface area contributed by atoms with E-state index >= 15 is 0 Å². The number of aromatic nitrogens is 1. The van der Waals surface area contributed by atoms with Gasteiger partial charge in [-0.1, -0.05) is 19.1 Å². The van der Waals surface area contributed by atoms with Crippen LogP contribution in [0.5, 0.6) is 17.2 Å². The molecule has 3 rings (SSSR count). The van der Waals surface area contributed by atoms with Crippen molar-refractivity contribution >= 4 is 22.5 Å². The summed E-state index contributed by atoms with van der Waals surface area (Å²) in [4.78, 5) is 16.9. The zero-order valence-corrected chi connectivity index (χ0v) is 15.6. The molecule has 6 nitrogen and oxygen atoms in total. The van der Waals surface area contributed by atoms with Crippen LogP contribution in [0.4, 0.5) is 5.69 Å². The molecule has 0 aliphatic heterocycles. The highest BCUT2D eigenvalue weighted by Gasteiger charge is 2.11. The Morgan fingerprint density at radius 3 is 2.59 bits per heavy atom. The van der Waals surface area contributed by atoms with Crippen molar-refractivity contribution in [3.8, 4) is 17.2 Å². The van der Waals surface area contributed by atoms with Crippen LogP contribution in [0, 0.1) is 0 Å². The van der Waals surface area contributed by atoms with Gasteiger partial charge < -0.3 is 19.5 Å². The van der Waals surface area contributed by atoms with Crippen molar-refractivity contribution in [1.82, 2.24) is 4.98 Å². The van der Waals surface area contributed by atoms with Crippen LogP contribution in [-0.4, -0.2) is 31.7 Å². The van der Waals surface area contributed by atoms with Gasteiger partial charge in [0.25, 0.3) is 5.91 Å². The van der Waals surface area contributed by atoms with Crippen LogP contribution in [-0.2, 0) is 11.2 Å². The molecule has 27 heavy (non-hydrogen) atoms. The highest BCUT2D eigenvalue weighted by molar-refractivity contribution is 5.94. The van der Waals surface area contributed by atoms with Crippen molar-refractivity contribution in [2.75, 3.05) is 26.1 Å². The summed E-state index contributed by atoms with van der Waals surface area (Å²) in [6.45, 7) is 1.90. The van der Waals surface area contributed by atoms with Gasteiger partial charge in [-0.2, -0.15) is 0 Å². The fraction of sp³-hybridized carbons (Fsp3) is 0.238. The molecule has 2 aromatic carbocycles. The number of carbonyl (C=O) groups excluding carboxylic acids is 1. The average molecular weight is 366 g/mol. The lowest BCUT2D eigenvalue weighted by molar-refractivity contribution is -0.118. The fourth-order valence-electron chi connectivity index (χ4n) is 2.73. The predicted octanol–water partition coefficient (Wildman–Crippen LogP) is 3.83. The minimum atomic E-state index is -0.273. The van der Waals surface area contributed by atoms with E-state index in [1.807, 2.05) is 43.3 Å². The number of hydrogen-bond donors (Lipinski definition) is 1. The Bertz CT molecular complexity index is 956. The molecule has 0 bridgehead atoms. The first-order valence-corrected chi connectivity index (χ1v) is 8.68. The molecule has 0 saturated carbocycles. The Hall–Kier alpha value is -3.28. The minimum absolute atomic E-state index is 0.127. The molecule has 0 radical (unpaired) electrons. The van der Waals surface area contributed by atoms with Gasteiger partial charge in [-0.05, 0) is 36.8 Å². The molecule has 6 heteroatoms. The fourth-order valence-corrected chi connectivity index (χ4v) is 2.73. The van der Waals surface area contributed by atoms with E-state index in [-0.39, 0.29) is 12.5 Å². The number of amides is 1. The third kappa shape index (κ3) is 4.28. The average Bonchev–Trinajstić information content (AvgIpc) is 2.71. The zero-order chi connectivity index (χ0) is 19.2. The Morgan fingerprint density at radius 2 is 1.85 bits per heavy atom. The van der Waals surface area contributed by atoms with Gasteiger partial charge in [0.15, 0.2) is 6.61 Å². The van der Waals surface area contributed by atoms with Gasteiger partial charge in [-0.25, -0.2) is 0 Å². The zero-order valence-electron chi connectivity index (χ0n) is 15.6. The summed E-state index contributed by atoms with van der Waals surface area (Å²) < 4.78 is 16.4. The number of anilines is 1. The number of aryl methyl sites for hydroxylation is 1. The van der Waals surface area contributed by atoms with Crippen molar-refractivity contribution in [2.24, 2.45) is 0 Å². The maximum atomic E-state index is 12.3. The molecule has 0 atom stereocenters. The summed E-state index contributed by atoms with van der Waals surface area (Å²) in [6, 6.07) is 14.7. The maximum absolute atomic E-state index is 12.3. The Kier molecular flexibility index (Phi) is 5.76. The van der Waals surface area contributed by atoms with Crippen LogP contribution in [0.15, 0.2) is 48.5 Å².